The maximum absolute atomic E-state index is 13.1. The van der Waals surface area contributed by atoms with Gasteiger partial charge in [0.1, 0.15) is 5.25 Å². The Labute approximate surface area is 197 Å². The molecular weight excluding hydrogens is 434 g/mol. The van der Waals surface area contributed by atoms with E-state index in [1.54, 1.807) is 0 Å². The van der Waals surface area contributed by atoms with E-state index in [0.717, 1.165) is 36.0 Å². The third-order valence-corrected chi connectivity index (χ3v) is 9.03. The molecule has 3 atom stereocenters. The third-order valence-electron chi connectivity index (χ3n) is 7.17. The summed E-state index contributed by atoms with van der Waals surface area (Å²) in [7, 11) is -3.46. The molecule has 0 radical (unpaired) electrons. The van der Waals surface area contributed by atoms with Gasteiger partial charge in [0, 0.05) is 31.5 Å². The van der Waals surface area contributed by atoms with E-state index < -0.39 is 15.3 Å². The topological polar surface area (TPSA) is 78.5 Å². The first-order valence-corrected chi connectivity index (χ1v) is 13.5. The summed E-state index contributed by atoms with van der Waals surface area (Å²) in [6.07, 6.45) is 2.03. The summed E-state index contributed by atoms with van der Waals surface area (Å²) in [5.41, 5.74) is 4.27. The molecule has 7 heteroatoms. The van der Waals surface area contributed by atoms with Crippen molar-refractivity contribution < 1.29 is 13.2 Å². The second-order valence-corrected chi connectivity index (χ2v) is 11.4. The lowest BCUT2D eigenvalue weighted by molar-refractivity contribution is -0.126. The van der Waals surface area contributed by atoms with Crippen molar-refractivity contribution in [3.05, 3.63) is 70.8 Å². The highest BCUT2D eigenvalue weighted by molar-refractivity contribution is 7.90. The first kappa shape index (κ1) is 23.9. The molecule has 2 aromatic carbocycles. The molecule has 178 valence electrons. The van der Waals surface area contributed by atoms with Crippen LogP contribution in [0, 0.1) is 25.7 Å². The van der Waals surface area contributed by atoms with Crippen LogP contribution in [0.1, 0.15) is 53.7 Å². The molecule has 1 amide bonds. The molecule has 2 fully saturated rings. The number of carbonyl (C=O) groups excluding carboxylic acids is 1. The number of amides is 1. The Morgan fingerprint density at radius 3 is 2.15 bits per heavy atom. The quantitative estimate of drug-likeness (QED) is 0.677. The van der Waals surface area contributed by atoms with Crippen LogP contribution in [0.4, 0.5) is 0 Å². The highest BCUT2D eigenvalue weighted by Crippen LogP contribution is 2.41. The van der Waals surface area contributed by atoms with Gasteiger partial charge in [0.05, 0.1) is 6.17 Å². The summed E-state index contributed by atoms with van der Waals surface area (Å²) in [4.78, 5) is 14.9. The normalized spacial score (nSPS) is 25.7. The van der Waals surface area contributed by atoms with E-state index in [0.29, 0.717) is 19.6 Å². The third kappa shape index (κ3) is 5.31. The maximum Gasteiger partial charge on any atom is 0.223 e. The fourth-order valence-corrected chi connectivity index (χ4v) is 7.29. The van der Waals surface area contributed by atoms with E-state index in [1.165, 1.54) is 5.56 Å². The fourth-order valence-electron chi connectivity index (χ4n) is 5.17. The molecule has 2 heterocycles. The molecule has 0 spiro atoms. The van der Waals surface area contributed by atoms with Gasteiger partial charge in [-0.15, -0.1) is 0 Å². The standard InChI is InChI=1S/C26H35N3O3S/c1-4-23-24(21-11-7-19(3)8-12-21)33(31,32)28-25(23)29-15-13-22(14-16-29)26(30)27-17-20-9-5-18(2)6-10-20/h5-12,22-25,28H,4,13-17H2,1-3H3,(H,27,30). The lowest BCUT2D eigenvalue weighted by Crippen LogP contribution is -2.51. The molecule has 33 heavy (non-hydrogen) atoms. The number of nitrogens with one attached hydrogen (secondary N) is 2. The van der Waals surface area contributed by atoms with Crippen molar-refractivity contribution in [3.63, 3.8) is 0 Å². The van der Waals surface area contributed by atoms with Gasteiger partial charge < -0.3 is 5.32 Å². The number of hydrogen-bond donors (Lipinski definition) is 2. The molecule has 2 N–H and O–H groups in total. The van der Waals surface area contributed by atoms with E-state index in [4.69, 9.17) is 0 Å². The average molecular weight is 470 g/mol. The zero-order chi connectivity index (χ0) is 23.6. The van der Waals surface area contributed by atoms with Crippen molar-refractivity contribution in [2.24, 2.45) is 11.8 Å². The van der Waals surface area contributed by atoms with Crippen molar-refractivity contribution in [2.45, 2.75) is 58.0 Å². The van der Waals surface area contributed by atoms with E-state index >= 15 is 0 Å². The monoisotopic (exact) mass is 469 g/mol. The Bertz CT molecular complexity index is 1060. The number of carbonyl (C=O) groups is 1. The minimum Gasteiger partial charge on any atom is -0.352 e. The van der Waals surface area contributed by atoms with Gasteiger partial charge in [0.2, 0.25) is 15.9 Å². The predicted molar refractivity (Wildman–Crippen MR) is 131 cm³/mol. The smallest absolute Gasteiger partial charge is 0.223 e. The maximum atomic E-state index is 13.1. The van der Waals surface area contributed by atoms with Crippen LogP contribution in [0.25, 0.3) is 0 Å². The van der Waals surface area contributed by atoms with Gasteiger partial charge in [-0.2, -0.15) is 4.72 Å². The van der Waals surface area contributed by atoms with Crippen LogP contribution >= 0.6 is 0 Å². The second kappa shape index (κ2) is 9.95. The van der Waals surface area contributed by atoms with Crippen LogP contribution < -0.4 is 10.0 Å². The van der Waals surface area contributed by atoms with Crippen LogP contribution in [-0.2, 0) is 21.4 Å². The van der Waals surface area contributed by atoms with E-state index in [9.17, 15) is 13.2 Å². The SMILES string of the molecule is CCC1C(N2CCC(C(=O)NCc3ccc(C)cc3)CC2)NS(=O)(=O)C1c1ccc(C)cc1. The molecule has 4 rings (SSSR count). The molecule has 0 aliphatic carbocycles. The number of aryl methyl sites for hydroxylation is 2. The molecule has 0 bridgehead atoms. The van der Waals surface area contributed by atoms with E-state index in [1.807, 2.05) is 50.2 Å². The largest absolute Gasteiger partial charge is 0.352 e. The van der Waals surface area contributed by atoms with E-state index in [-0.39, 0.29) is 23.9 Å². The zero-order valence-electron chi connectivity index (χ0n) is 19.8. The fraction of sp³-hybridized carbons (Fsp3) is 0.500. The summed E-state index contributed by atoms with van der Waals surface area (Å²) in [5, 5.41) is 2.53. The van der Waals surface area contributed by atoms with Crippen LogP contribution in [0.2, 0.25) is 0 Å². The summed E-state index contributed by atoms with van der Waals surface area (Å²) in [6, 6.07) is 16.0. The van der Waals surface area contributed by atoms with Crippen molar-refractivity contribution >= 4 is 15.9 Å². The lowest BCUT2D eigenvalue weighted by Gasteiger charge is -2.37. The number of piperidine rings is 1. The lowest BCUT2D eigenvalue weighted by atomic mass is 9.90. The van der Waals surface area contributed by atoms with Gasteiger partial charge in [0.15, 0.2) is 0 Å². The highest BCUT2D eigenvalue weighted by atomic mass is 32.2. The van der Waals surface area contributed by atoms with Crippen molar-refractivity contribution in [2.75, 3.05) is 13.1 Å². The highest BCUT2D eigenvalue weighted by Gasteiger charge is 2.49. The Kier molecular flexibility index (Phi) is 7.22. The summed E-state index contributed by atoms with van der Waals surface area (Å²) >= 11 is 0. The first-order chi connectivity index (χ1) is 15.8. The first-order valence-electron chi connectivity index (χ1n) is 11.9. The van der Waals surface area contributed by atoms with Gasteiger partial charge in [0.25, 0.3) is 0 Å². The number of benzene rings is 2. The van der Waals surface area contributed by atoms with Gasteiger partial charge in [-0.25, -0.2) is 8.42 Å². The Morgan fingerprint density at radius 1 is 1.00 bits per heavy atom. The average Bonchev–Trinajstić information content (AvgIpc) is 3.09. The van der Waals surface area contributed by atoms with Crippen LogP contribution in [-0.4, -0.2) is 38.5 Å². The molecule has 0 saturated carbocycles. The molecule has 2 aliphatic rings. The zero-order valence-corrected chi connectivity index (χ0v) is 20.6. The predicted octanol–water partition coefficient (Wildman–Crippen LogP) is 3.66. The number of nitrogens with zero attached hydrogens (tertiary/aromatic N) is 1. The van der Waals surface area contributed by atoms with Gasteiger partial charge in [-0.1, -0.05) is 66.6 Å². The molecule has 2 aromatic rings. The number of rotatable bonds is 6. The Balaban J connectivity index is 1.37. The molecule has 6 nitrogen and oxygen atoms in total. The van der Waals surface area contributed by atoms with Crippen molar-refractivity contribution in [1.82, 2.24) is 14.9 Å². The molecule has 3 unspecified atom stereocenters. The van der Waals surface area contributed by atoms with Gasteiger partial charge in [-0.3, -0.25) is 9.69 Å². The van der Waals surface area contributed by atoms with Crippen LogP contribution in [0.15, 0.2) is 48.5 Å². The molecule has 2 aliphatic heterocycles. The molecular formula is C26H35N3O3S. The Hall–Kier alpha value is -2.22. The summed E-state index contributed by atoms with van der Waals surface area (Å²) in [5.74, 6) is 0.0362. The number of likely N-dealkylation sites (tertiary alicyclic amines) is 1. The van der Waals surface area contributed by atoms with Crippen LogP contribution in [0.5, 0.6) is 0 Å². The number of hydrogen-bond acceptors (Lipinski definition) is 4. The van der Waals surface area contributed by atoms with Crippen molar-refractivity contribution in [3.8, 4) is 0 Å². The minimum absolute atomic E-state index is 0.0235. The summed E-state index contributed by atoms with van der Waals surface area (Å²) in [6.45, 7) is 8.09. The van der Waals surface area contributed by atoms with Gasteiger partial charge in [-0.05, 0) is 44.2 Å². The second-order valence-electron chi connectivity index (χ2n) is 9.52. The Morgan fingerprint density at radius 2 is 1.58 bits per heavy atom. The van der Waals surface area contributed by atoms with Crippen molar-refractivity contribution in [1.29, 1.82) is 0 Å². The minimum atomic E-state index is -3.46. The van der Waals surface area contributed by atoms with Crippen LogP contribution in [0.3, 0.4) is 0 Å². The number of sulfonamides is 1. The van der Waals surface area contributed by atoms with E-state index in [2.05, 4.69) is 34.0 Å². The van der Waals surface area contributed by atoms with Gasteiger partial charge >= 0.3 is 0 Å². The molecule has 0 aromatic heterocycles. The summed E-state index contributed by atoms with van der Waals surface area (Å²) < 4.78 is 29.1. The molecule has 2 saturated heterocycles.